The van der Waals surface area contributed by atoms with E-state index in [2.05, 4.69) is 41.6 Å². The van der Waals surface area contributed by atoms with Crippen LogP contribution >= 0.6 is 11.3 Å². The number of ether oxygens (including phenoxy) is 2. The first-order chi connectivity index (χ1) is 13.0. The van der Waals surface area contributed by atoms with E-state index in [1.54, 1.807) is 25.3 Å². The highest BCUT2D eigenvalue weighted by molar-refractivity contribution is 7.14. The van der Waals surface area contributed by atoms with Crippen LogP contribution in [-0.2, 0) is 0 Å². The molecule has 7 heteroatoms. The van der Waals surface area contributed by atoms with Crippen molar-refractivity contribution in [3.63, 3.8) is 0 Å². The van der Waals surface area contributed by atoms with Crippen molar-refractivity contribution >= 4 is 28.2 Å². The van der Waals surface area contributed by atoms with Gasteiger partial charge in [-0.15, -0.1) is 11.3 Å². The molecule has 0 atom stereocenters. The quantitative estimate of drug-likeness (QED) is 0.644. The van der Waals surface area contributed by atoms with E-state index < -0.39 is 6.03 Å². The minimum Gasteiger partial charge on any atom is -0.493 e. The highest BCUT2D eigenvalue weighted by Gasteiger charge is 2.14. The number of thiazole rings is 1. The third-order valence-electron chi connectivity index (χ3n) is 4.03. The number of carbonyl (C=O) groups is 1. The van der Waals surface area contributed by atoms with E-state index in [0.717, 1.165) is 16.8 Å². The third-order valence-corrected chi connectivity index (χ3v) is 4.79. The summed E-state index contributed by atoms with van der Waals surface area (Å²) < 4.78 is 10.6. The van der Waals surface area contributed by atoms with Crippen molar-refractivity contribution in [1.29, 1.82) is 0 Å². The third kappa shape index (κ3) is 4.20. The van der Waals surface area contributed by atoms with Crippen LogP contribution in [0.5, 0.6) is 11.5 Å². The van der Waals surface area contributed by atoms with Crippen LogP contribution in [-0.4, -0.2) is 25.2 Å². The van der Waals surface area contributed by atoms with E-state index in [4.69, 9.17) is 9.47 Å². The number of aryl methyl sites for hydroxylation is 2. The molecule has 0 aliphatic rings. The predicted molar refractivity (Wildman–Crippen MR) is 109 cm³/mol. The largest absolute Gasteiger partial charge is 0.493 e. The van der Waals surface area contributed by atoms with Crippen molar-refractivity contribution in [3.05, 3.63) is 52.9 Å². The number of methoxy groups -OCH3 is 2. The molecule has 3 aromatic rings. The normalized spacial score (nSPS) is 10.4. The Hall–Kier alpha value is -3.06. The number of aromatic nitrogens is 1. The van der Waals surface area contributed by atoms with Crippen LogP contribution in [0, 0.1) is 13.8 Å². The summed E-state index contributed by atoms with van der Waals surface area (Å²) in [5, 5.41) is 7.97. The van der Waals surface area contributed by atoms with Crippen LogP contribution in [0.1, 0.15) is 11.1 Å². The van der Waals surface area contributed by atoms with Crippen LogP contribution in [0.2, 0.25) is 0 Å². The van der Waals surface area contributed by atoms with E-state index in [-0.39, 0.29) is 0 Å². The van der Waals surface area contributed by atoms with Gasteiger partial charge in [-0.05, 0) is 31.5 Å². The molecule has 0 saturated carbocycles. The molecule has 0 aliphatic heterocycles. The standard InChI is InChI=1S/C20H21N3O3S/c1-12-8-9-14(13(2)10-12)16-11-27-20(22-16)23-19(24)21-15-6-5-7-17(25-3)18(15)26-4/h5-11H,1-4H3,(H2,21,22,23,24). The van der Waals surface area contributed by atoms with Gasteiger partial charge in [-0.25, -0.2) is 9.78 Å². The SMILES string of the molecule is COc1cccc(NC(=O)Nc2nc(-c3ccc(C)cc3C)cs2)c1OC. The second-order valence-electron chi connectivity index (χ2n) is 5.98. The van der Waals surface area contributed by atoms with Gasteiger partial charge in [0, 0.05) is 10.9 Å². The number of nitrogens with one attached hydrogen (secondary N) is 2. The first-order valence-corrected chi connectivity index (χ1v) is 9.22. The zero-order chi connectivity index (χ0) is 19.4. The molecule has 1 heterocycles. The van der Waals surface area contributed by atoms with Gasteiger partial charge in [0.1, 0.15) is 0 Å². The molecule has 0 radical (unpaired) electrons. The molecule has 6 nitrogen and oxygen atoms in total. The highest BCUT2D eigenvalue weighted by atomic mass is 32.1. The topological polar surface area (TPSA) is 72.5 Å². The molecule has 1 aromatic heterocycles. The molecule has 2 aromatic carbocycles. The average Bonchev–Trinajstić information content (AvgIpc) is 3.09. The predicted octanol–water partition coefficient (Wildman–Crippen LogP) is 5.09. The van der Waals surface area contributed by atoms with Crippen molar-refractivity contribution in [3.8, 4) is 22.8 Å². The lowest BCUT2D eigenvalue weighted by molar-refractivity contribution is 0.262. The van der Waals surface area contributed by atoms with Crippen LogP contribution in [0.3, 0.4) is 0 Å². The van der Waals surface area contributed by atoms with Gasteiger partial charge in [0.25, 0.3) is 0 Å². The number of amides is 2. The summed E-state index contributed by atoms with van der Waals surface area (Å²) in [6.07, 6.45) is 0. The number of para-hydroxylation sites is 1. The maximum absolute atomic E-state index is 12.4. The summed E-state index contributed by atoms with van der Waals surface area (Å²) in [6.45, 7) is 4.11. The molecule has 0 bridgehead atoms. The monoisotopic (exact) mass is 383 g/mol. The van der Waals surface area contributed by atoms with E-state index >= 15 is 0 Å². The zero-order valence-corrected chi connectivity index (χ0v) is 16.4. The van der Waals surface area contributed by atoms with E-state index in [1.807, 2.05) is 11.4 Å². The van der Waals surface area contributed by atoms with Crippen LogP contribution in [0.4, 0.5) is 15.6 Å². The van der Waals surface area contributed by atoms with Gasteiger partial charge in [0.05, 0.1) is 25.6 Å². The van der Waals surface area contributed by atoms with Crippen molar-refractivity contribution in [2.75, 3.05) is 24.9 Å². The van der Waals surface area contributed by atoms with Gasteiger partial charge in [0.2, 0.25) is 0 Å². The summed E-state index contributed by atoms with van der Waals surface area (Å²) in [5.74, 6) is 1.01. The molecule has 0 unspecified atom stereocenters. The van der Waals surface area contributed by atoms with Crippen LogP contribution in [0.15, 0.2) is 41.8 Å². The number of carbonyl (C=O) groups excluding carboxylic acids is 1. The van der Waals surface area contributed by atoms with E-state index in [0.29, 0.717) is 22.3 Å². The first-order valence-electron chi connectivity index (χ1n) is 8.34. The molecule has 0 spiro atoms. The Balaban J connectivity index is 1.73. The molecule has 3 rings (SSSR count). The highest BCUT2D eigenvalue weighted by Crippen LogP contribution is 2.35. The minimum atomic E-state index is -0.400. The van der Waals surface area contributed by atoms with Crippen molar-refractivity contribution < 1.29 is 14.3 Å². The smallest absolute Gasteiger partial charge is 0.325 e. The summed E-state index contributed by atoms with van der Waals surface area (Å²) in [5.41, 5.74) is 4.76. The fourth-order valence-corrected chi connectivity index (χ4v) is 3.50. The van der Waals surface area contributed by atoms with Gasteiger partial charge in [-0.1, -0.05) is 29.8 Å². The Kier molecular flexibility index (Phi) is 5.61. The Morgan fingerprint density at radius 3 is 2.59 bits per heavy atom. The molecule has 2 amide bonds. The number of rotatable bonds is 5. The fraction of sp³-hybridized carbons (Fsp3) is 0.200. The average molecular weight is 383 g/mol. The Morgan fingerprint density at radius 1 is 1.07 bits per heavy atom. The van der Waals surface area contributed by atoms with Crippen molar-refractivity contribution in [1.82, 2.24) is 4.98 Å². The second-order valence-corrected chi connectivity index (χ2v) is 6.83. The second kappa shape index (κ2) is 8.09. The molecule has 2 N–H and O–H groups in total. The molecule has 140 valence electrons. The van der Waals surface area contributed by atoms with Gasteiger partial charge in [0.15, 0.2) is 16.6 Å². The van der Waals surface area contributed by atoms with Gasteiger partial charge in [-0.2, -0.15) is 0 Å². The maximum Gasteiger partial charge on any atom is 0.325 e. The van der Waals surface area contributed by atoms with Gasteiger partial charge in [-0.3, -0.25) is 5.32 Å². The number of anilines is 2. The van der Waals surface area contributed by atoms with Crippen LogP contribution < -0.4 is 20.1 Å². The lowest BCUT2D eigenvalue weighted by atomic mass is 10.0. The molecular formula is C20H21N3O3S. The van der Waals surface area contributed by atoms with Crippen molar-refractivity contribution in [2.45, 2.75) is 13.8 Å². The summed E-state index contributed by atoms with van der Waals surface area (Å²) >= 11 is 1.37. The number of hydrogen-bond acceptors (Lipinski definition) is 5. The number of hydrogen-bond donors (Lipinski definition) is 2. The van der Waals surface area contributed by atoms with Crippen LogP contribution in [0.25, 0.3) is 11.3 Å². The summed E-state index contributed by atoms with van der Waals surface area (Å²) in [6, 6.07) is 11.1. The van der Waals surface area contributed by atoms with E-state index in [9.17, 15) is 4.79 Å². The molecule has 0 fully saturated rings. The summed E-state index contributed by atoms with van der Waals surface area (Å²) in [4.78, 5) is 16.9. The first kappa shape index (κ1) is 18.7. The molecule has 0 saturated heterocycles. The molecular weight excluding hydrogens is 362 g/mol. The van der Waals surface area contributed by atoms with Gasteiger partial charge >= 0.3 is 6.03 Å². The Labute approximate surface area is 162 Å². The summed E-state index contributed by atoms with van der Waals surface area (Å²) in [7, 11) is 3.07. The zero-order valence-electron chi connectivity index (χ0n) is 15.6. The Morgan fingerprint density at radius 2 is 1.89 bits per heavy atom. The molecule has 0 aliphatic carbocycles. The van der Waals surface area contributed by atoms with Crippen molar-refractivity contribution in [2.24, 2.45) is 0 Å². The number of benzene rings is 2. The number of urea groups is 1. The lowest BCUT2D eigenvalue weighted by Gasteiger charge is -2.13. The molecule has 27 heavy (non-hydrogen) atoms. The lowest BCUT2D eigenvalue weighted by Crippen LogP contribution is -2.19. The van der Waals surface area contributed by atoms with E-state index in [1.165, 1.54) is 24.0 Å². The Bertz CT molecular complexity index is 969. The minimum absolute atomic E-state index is 0.400. The fourth-order valence-electron chi connectivity index (χ4n) is 2.79. The maximum atomic E-state index is 12.4. The van der Waals surface area contributed by atoms with Gasteiger partial charge < -0.3 is 14.8 Å². The number of nitrogens with zero attached hydrogens (tertiary/aromatic N) is 1.